The van der Waals surface area contributed by atoms with Gasteiger partial charge in [0.15, 0.2) is 11.4 Å². The molecule has 0 radical (unpaired) electrons. The van der Waals surface area contributed by atoms with Gasteiger partial charge in [-0.3, -0.25) is 4.79 Å². The molecule has 1 heterocycles. The summed E-state index contributed by atoms with van der Waals surface area (Å²) >= 11 is 0. The highest BCUT2D eigenvalue weighted by Crippen LogP contribution is 2.41. The number of alkyl halides is 3. The van der Waals surface area contributed by atoms with Crippen LogP contribution < -0.4 is 5.32 Å². The number of carbonyl (C=O) groups excluding carboxylic acids is 1. The molecule has 2 atom stereocenters. The van der Waals surface area contributed by atoms with E-state index < -0.39 is 23.4 Å². The van der Waals surface area contributed by atoms with Gasteiger partial charge in [-0.05, 0) is 24.1 Å². The van der Waals surface area contributed by atoms with Crippen LogP contribution in [0.1, 0.15) is 34.0 Å². The fourth-order valence-electron chi connectivity index (χ4n) is 3.22. The molecule has 2 N–H and O–H groups in total. The molecule has 5 nitrogen and oxygen atoms in total. The van der Waals surface area contributed by atoms with Gasteiger partial charge in [-0.2, -0.15) is 18.3 Å². The quantitative estimate of drug-likeness (QED) is 0.714. The highest BCUT2D eigenvalue weighted by molar-refractivity contribution is 5.95. The zero-order chi connectivity index (χ0) is 19.9. The molecule has 28 heavy (non-hydrogen) atoms. The van der Waals surface area contributed by atoms with E-state index in [1.54, 1.807) is 0 Å². The number of rotatable bonds is 4. The molecule has 0 aliphatic heterocycles. The molecule has 8 heteroatoms. The lowest BCUT2D eigenvalue weighted by Gasteiger charge is -2.12. The van der Waals surface area contributed by atoms with E-state index in [0.717, 1.165) is 28.9 Å². The second kappa shape index (κ2) is 6.70. The second-order valence-corrected chi connectivity index (χ2v) is 6.66. The summed E-state index contributed by atoms with van der Waals surface area (Å²) in [6.07, 6.45) is -2.83. The van der Waals surface area contributed by atoms with Gasteiger partial charge in [-0.15, -0.1) is 0 Å². The number of carbonyl (C=O) groups is 1. The van der Waals surface area contributed by atoms with Crippen molar-refractivity contribution in [2.75, 3.05) is 0 Å². The normalized spacial score (nSPS) is 18.7. The first-order valence-corrected chi connectivity index (χ1v) is 8.65. The number of hydrogen-bond acceptors (Lipinski definition) is 3. The van der Waals surface area contributed by atoms with Crippen LogP contribution >= 0.6 is 0 Å². The third kappa shape index (κ3) is 3.45. The van der Waals surface area contributed by atoms with Crippen LogP contribution in [0.4, 0.5) is 13.2 Å². The van der Waals surface area contributed by atoms with E-state index in [9.17, 15) is 23.1 Å². The number of hydrogen-bond donors (Lipinski definition) is 2. The molecule has 1 aliphatic carbocycles. The highest BCUT2D eigenvalue weighted by atomic mass is 19.4. The topological polar surface area (TPSA) is 67.2 Å². The van der Waals surface area contributed by atoms with Crippen molar-refractivity contribution < 1.29 is 23.1 Å². The van der Waals surface area contributed by atoms with Crippen LogP contribution in [0, 0.1) is 0 Å². The van der Waals surface area contributed by atoms with E-state index in [-0.39, 0.29) is 23.3 Å². The fourth-order valence-corrected chi connectivity index (χ4v) is 3.22. The molecule has 0 unspecified atom stereocenters. The van der Waals surface area contributed by atoms with E-state index in [4.69, 9.17) is 0 Å². The van der Waals surface area contributed by atoms with Gasteiger partial charge in [-0.1, -0.05) is 42.5 Å². The number of nitrogens with one attached hydrogen (secondary N) is 1. The summed E-state index contributed by atoms with van der Waals surface area (Å²) in [5.41, 5.74) is -0.383. The summed E-state index contributed by atoms with van der Waals surface area (Å²) in [5, 5.41) is 16.7. The molecule has 3 aromatic rings. The average Bonchev–Trinajstić information content (AvgIpc) is 3.32. The van der Waals surface area contributed by atoms with E-state index in [1.165, 1.54) is 18.2 Å². The number of para-hydroxylation sites is 1. The number of nitrogens with zero attached hydrogens (tertiary/aromatic N) is 2. The van der Waals surface area contributed by atoms with E-state index in [1.807, 2.05) is 30.3 Å². The van der Waals surface area contributed by atoms with Gasteiger partial charge in [0.25, 0.3) is 5.91 Å². The molecule has 144 valence electrons. The lowest BCUT2D eigenvalue weighted by molar-refractivity contribution is -0.137. The van der Waals surface area contributed by atoms with Crippen LogP contribution in [-0.2, 0) is 6.18 Å². The summed E-state index contributed by atoms with van der Waals surface area (Å²) in [6.45, 7) is 0. The Labute approximate surface area is 158 Å². The monoisotopic (exact) mass is 387 g/mol. The van der Waals surface area contributed by atoms with Gasteiger partial charge in [0.05, 0.1) is 17.4 Å². The van der Waals surface area contributed by atoms with Gasteiger partial charge in [-0.25, -0.2) is 4.68 Å². The summed E-state index contributed by atoms with van der Waals surface area (Å²) in [6, 6.07) is 14.4. The molecule has 1 fully saturated rings. The van der Waals surface area contributed by atoms with Crippen molar-refractivity contribution in [1.29, 1.82) is 0 Å². The zero-order valence-corrected chi connectivity index (χ0v) is 14.5. The molecular weight excluding hydrogens is 371 g/mol. The largest absolute Gasteiger partial charge is 0.504 e. The van der Waals surface area contributed by atoms with E-state index in [2.05, 4.69) is 10.4 Å². The molecule has 1 aliphatic rings. The van der Waals surface area contributed by atoms with Gasteiger partial charge in [0.1, 0.15) is 0 Å². The summed E-state index contributed by atoms with van der Waals surface area (Å²) in [7, 11) is 0. The van der Waals surface area contributed by atoms with E-state index in [0.29, 0.717) is 0 Å². The molecule has 2 aromatic carbocycles. The minimum atomic E-state index is -4.59. The maximum Gasteiger partial charge on any atom is 0.418 e. The smallest absolute Gasteiger partial charge is 0.418 e. The fraction of sp³-hybridized carbons (Fsp3) is 0.200. The minimum Gasteiger partial charge on any atom is -0.504 e. The molecule has 0 saturated heterocycles. The Hall–Kier alpha value is -3.29. The Balaban J connectivity index is 1.54. The van der Waals surface area contributed by atoms with Crippen LogP contribution in [0.25, 0.3) is 5.69 Å². The third-order valence-corrected chi connectivity index (χ3v) is 4.70. The lowest BCUT2D eigenvalue weighted by atomic mass is 10.1. The molecule has 1 saturated carbocycles. The Morgan fingerprint density at radius 1 is 1.11 bits per heavy atom. The highest BCUT2D eigenvalue weighted by Gasteiger charge is 2.40. The number of aromatic nitrogens is 2. The third-order valence-electron chi connectivity index (χ3n) is 4.70. The predicted octanol–water partition coefficient (Wildman–Crippen LogP) is 3.88. The average molecular weight is 387 g/mol. The first-order valence-electron chi connectivity index (χ1n) is 8.65. The minimum absolute atomic E-state index is 0.0955. The Morgan fingerprint density at radius 2 is 1.79 bits per heavy atom. The summed E-state index contributed by atoms with van der Waals surface area (Å²) in [4.78, 5) is 12.5. The molecule has 4 rings (SSSR count). The van der Waals surface area contributed by atoms with Gasteiger partial charge < -0.3 is 10.4 Å². The van der Waals surface area contributed by atoms with Crippen LogP contribution in [-0.4, -0.2) is 26.8 Å². The van der Waals surface area contributed by atoms with Crippen LogP contribution in [0.2, 0.25) is 0 Å². The molecule has 0 spiro atoms. The van der Waals surface area contributed by atoms with Crippen molar-refractivity contribution in [3.8, 4) is 11.4 Å². The van der Waals surface area contributed by atoms with Gasteiger partial charge in [0, 0.05) is 12.0 Å². The van der Waals surface area contributed by atoms with Gasteiger partial charge in [0.2, 0.25) is 0 Å². The molecular formula is C20H16F3N3O2. The van der Waals surface area contributed by atoms with Crippen LogP contribution in [0.3, 0.4) is 0 Å². The van der Waals surface area contributed by atoms with Crippen molar-refractivity contribution in [2.45, 2.75) is 24.6 Å². The standard InChI is InChI=1S/C20H16F3N3O2/c21-20(22,23)14-8-4-5-9-16(14)26-11-17(27)18(25-26)19(28)24-15-10-13(15)12-6-2-1-3-7-12/h1-9,11,13,15,27H,10H2,(H,24,28)/t13-,15-/m0/s1. The molecule has 1 aromatic heterocycles. The number of aromatic hydroxyl groups is 1. The van der Waals surface area contributed by atoms with Crippen molar-refractivity contribution in [2.24, 2.45) is 0 Å². The Kier molecular flexibility index (Phi) is 4.33. The van der Waals surface area contributed by atoms with Crippen molar-refractivity contribution in [3.05, 3.63) is 77.6 Å². The maximum atomic E-state index is 13.2. The van der Waals surface area contributed by atoms with E-state index >= 15 is 0 Å². The first-order chi connectivity index (χ1) is 13.3. The lowest BCUT2D eigenvalue weighted by Crippen LogP contribution is -2.27. The maximum absolute atomic E-state index is 13.2. The SMILES string of the molecule is O=C(N[C@H]1C[C@H]1c1ccccc1)c1nn(-c2ccccc2C(F)(F)F)cc1O. The molecule has 0 bridgehead atoms. The Bertz CT molecular complexity index is 1020. The Morgan fingerprint density at radius 3 is 2.50 bits per heavy atom. The number of halogens is 3. The second-order valence-electron chi connectivity index (χ2n) is 6.66. The van der Waals surface area contributed by atoms with Crippen LogP contribution in [0.5, 0.6) is 5.75 Å². The van der Waals surface area contributed by atoms with Gasteiger partial charge >= 0.3 is 6.18 Å². The number of amides is 1. The first kappa shape index (κ1) is 18.1. The van der Waals surface area contributed by atoms with Crippen molar-refractivity contribution in [3.63, 3.8) is 0 Å². The summed E-state index contributed by atoms with van der Waals surface area (Å²) in [5.74, 6) is -0.920. The van der Waals surface area contributed by atoms with Crippen molar-refractivity contribution >= 4 is 5.91 Å². The zero-order valence-electron chi connectivity index (χ0n) is 14.5. The van der Waals surface area contributed by atoms with Crippen LogP contribution in [0.15, 0.2) is 60.8 Å². The van der Waals surface area contributed by atoms with Crippen molar-refractivity contribution in [1.82, 2.24) is 15.1 Å². The number of benzene rings is 2. The molecule has 1 amide bonds. The summed E-state index contributed by atoms with van der Waals surface area (Å²) < 4.78 is 40.5. The predicted molar refractivity (Wildman–Crippen MR) is 95.3 cm³/mol.